The second-order valence-corrected chi connectivity index (χ2v) is 1.86. The summed E-state index contributed by atoms with van der Waals surface area (Å²) in [5, 5.41) is 5.81. The first-order valence-corrected chi connectivity index (χ1v) is 2.71. The molecule has 76 valence electrons. The van der Waals surface area contributed by atoms with Crippen LogP contribution in [0.25, 0.3) is 0 Å². The van der Waals surface area contributed by atoms with Crippen LogP contribution >= 0.6 is 12.4 Å². The van der Waals surface area contributed by atoms with Crippen LogP contribution in [0.4, 0.5) is 19.1 Å². The van der Waals surface area contributed by atoms with E-state index in [0.717, 1.165) is 0 Å². The summed E-state index contributed by atoms with van der Waals surface area (Å²) in [7, 11) is 0. The molecule has 0 spiro atoms. The maximum atomic E-state index is 11.9. The van der Waals surface area contributed by atoms with E-state index in [0.29, 0.717) is 0 Å². The quantitative estimate of drug-likeness (QED) is 0.445. The standard InChI is InChI=1S/C3H5F3N6.ClH/c4-3(5,6)1-10-11-2(9-7)12(1)8;/h7-8H2,(H,9,11);1H. The minimum absolute atomic E-state index is 0. The molecule has 5 N–H and O–H groups in total. The number of hydrogen-bond acceptors (Lipinski definition) is 5. The molecule has 0 aliphatic heterocycles. The Morgan fingerprint density at radius 2 is 1.85 bits per heavy atom. The molecule has 10 heteroatoms. The molecule has 1 aromatic heterocycles. The van der Waals surface area contributed by atoms with E-state index in [-0.39, 0.29) is 23.0 Å². The molecule has 0 aromatic carbocycles. The molecule has 1 rings (SSSR count). The van der Waals surface area contributed by atoms with Crippen LogP contribution < -0.4 is 17.1 Å². The van der Waals surface area contributed by atoms with E-state index in [1.807, 2.05) is 5.43 Å². The average molecular weight is 219 g/mol. The second-order valence-electron chi connectivity index (χ2n) is 1.86. The van der Waals surface area contributed by atoms with Crippen molar-refractivity contribution in [3.05, 3.63) is 5.82 Å². The largest absolute Gasteiger partial charge is 0.453 e. The van der Waals surface area contributed by atoms with Crippen LogP contribution in [0, 0.1) is 0 Å². The molecule has 0 fully saturated rings. The van der Waals surface area contributed by atoms with Gasteiger partial charge in [0.2, 0.25) is 0 Å². The topological polar surface area (TPSA) is 94.8 Å². The highest BCUT2D eigenvalue weighted by atomic mass is 35.5. The van der Waals surface area contributed by atoms with Crippen LogP contribution in [0.2, 0.25) is 0 Å². The molecule has 0 unspecified atom stereocenters. The summed E-state index contributed by atoms with van der Waals surface area (Å²) in [6.45, 7) is 0. The van der Waals surface area contributed by atoms with Gasteiger partial charge in [0.25, 0.3) is 11.8 Å². The molecule has 0 atom stereocenters. The lowest BCUT2D eigenvalue weighted by Gasteiger charge is -2.04. The van der Waals surface area contributed by atoms with Crippen molar-refractivity contribution < 1.29 is 13.2 Å². The van der Waals surface area contributed by atoms with E-state index >= 15 is 0 Å². The predicted octanol–water partition coefficient (Wildman–Crippen LogP) is -0.282. The molecule has 0 aliphatic rings. The zero-order valence-corrected chi connectivity index (χ0v) is 6.85. The number of nitrogens with zero attached hydrogens (tertiary/aromatic N) is 3. The van der Waals surface area contributed by atoms with E-state index in [2.05, 4.69) is 10.2 Å². The molecule has 1 aromatic rings. The number of nitrogens with two attached hydrogens (primary N) is 2. The van der Waals surface area contributed by atoms with E-state index in [1.165, 1.54) is 0 Å². The molecule has 0 aliphatic carbocycles. The molecule has 0 saturated carbocycles. The maximum Gasteiger partial charge on any atom is 0.453 e. The molecule has 0 radical (unpaired) electrons. The Morgan fingerprint density at radius 1 is 1.31 bits per heavy atom. The lowest BCUT2D eigenvalue weighted by atomic mass is 10.6. The Bertz CT molecular complexity index is 281. The summed E-state index contributed by atoms with van der Waals surface area (Å²) >= 11 is 0. The smallest absolute Gasteiger partial charge is 0.334 e. The van der Waals surface area contributed by atoms with Gasteiger partial charge in [0.05, 0.1) is 0 Å². The van der Waals surface area contributed by atoms with E-state index in [4.69, 9.17) is 11.7 Å². The van der Waals surface area contributed by atoms with Crippen molar-refractivity contribution in [3.8, 4) is 0 Å². The van der Waals surface area contributed by atoms with Gasteiger partial charge >= 0.3 is 6.18 Å². The first-order valence-electron chi connectivity index (χ1n) is 2.71. The molecule has 13 heavy (non-hydrogen) atoms. The summed E-state index contributed by atoms with van der Waals surface area (Å²) in [5.74, 6) is 8.05. The zero-order valence-electron chi connectivity index (χ0n) is 6.04. The molecule has 6 nitrogen and oxygen atoms in total. The lowest BCUT2D eigenvalue weighted by molar-refractivity contribution is -0.146. The van der Waals surface area contributed by atoms with Gasteiger partial charge in [-0.2, -0.15) is 13.2 Å². The molecular weight excluding hydrogens is 213 g/mol. The van der Waals surface area contributed by atoms with Crippen molar-refractivity contribution >= 4 is 18.4 Å². The van der Waals surface area contributed by atoms with Gasteiger partial charge in [0.15, 0.2) is 0 Å². The van der Waals surface area contributed by atoms with E-state index < -0.39 is 12.0 Å². The number of anilines is 1. The summed E-state index contributed by atoms with van der Waals surface area (Å²) < 4.78 is 36.0. The lowest BCUT2D eigenvalue weighted by Crippen LogP contribution is -2.24. The van der Waals surface area contributed by atoms with Crippen LogP contribution in [0.5, 0.6) is 0 Å². The third-order valence-corrected chi connectivity index (χ3v) is 1.08. The van der Waals surface area contributed by atoms with Gasteiger partial charge in [-0.1, -0.05) is 0 Å². The van der Waals surface area contributed by atoms with Gasteiger partial charge in [-0.25, -0.2) is 10.5 Å². The fourth-order valence-electron chi connectivity index (χ4n) is 0.583. The van der Waals surface area contributed by atoms with E-state index in [9.17, 15) is 13.2 Å². The zero-order chi connectivity index (χ0) is 9.35. The van der Waals surface area contributed by atoms with Crippen molar-refractivity contribution in [1.29, 1.82) is 0 Å². The number of nitrogens with one attached hydrogen (secondary N) is 1. The maximum absolute atomic E-state index is 11.9. The number of halogens is 4. The van der Waals surface area contributed by atoms with Crippen LogP contribution in [0.1, 0.15) is 5.82 Å². The fraction of sp³-hybridized carbons (Fsp3) is 0.333. The summed E-state index contributed by atoms with van der Waals surface area (Å²) in [6, 6.07) is 0. The van der Waals surface area contributed by atoms with Crippen molar-refractivity contribution in [2.24, 2.45) is 5.84 Å². The van der Waals surface area contributed by atoms with Crippen LogP contribution in [-0.4, -0.2) is 14.9 Å². The van der Waals surface area contributed by atoms with Crippen LogP contribution in [0.15, 0.2) is 0 Å². The van der Waals surface area contributed by atoms with Crippen LogP contribution in [0.3, 0.4) is 0 Å². The number of aromatic nitrogens is 3. The minimum Gasteiger partial charge on any atom is -0.334 e. The van der Waals surface area contributed by atoms with Gasteiger partial charge in [-0.05, 0) is 0 Å². The monoisotopic (exact) mass is 218 g/mol. The predicted molar refractivity (Wildman–Crippen MR) is 40.2 cm³/mol. The Balaban J connectivity index is 0.00000144. The molecule has 0 saturated heterocycles. The summed E-state index contributed by atoms with van der Waals surface area (Å²) in [5.41, 5.74) is 1.85. The molecule has 0 bridgehead atoms. The molecular formula is C3H6ClF3N6. The van der Waals surface area contributed by atoms with Gasteiger partial charge in [-0.15, -0.1) is 22.6 Å². The number of alkyl halides is 3. The Kier molecular flexibility index (Phi) is 3.32. The fourth-order valence-corrected chi connectivity index (χ4v) is 0.583. The molecule has 0 amide bonds. The number of hydrazine groups is 1. The van der Waals surface area contributed by atoms with Crippen molar-refractivity contribution in [2.75, 3.05) is 11.3 Å². The Labute approximate surface area is 76.4 Å². The summed E-state index contributed by atoms with van der Waals surface area (Å²) in [4.78, 5) is 0. The first kappa shape index (κ1) is 11.8. The van der Waals surface area contributed by atoms with Crippen molar-refractivity contribution in [2.45, 2.75) is 6.18 Å². The summed E-state index contributed by atoms with van der Waals surface area (Å²) in [6.07, 6.45) is -4.63. The number of rotatable bonds is 1. The van der Waals surface area contributed by atoms with Crippen molar-refractivity contribution in [3.63, 3.8) is 0 Å². The molecule has 1 heterocycles. The third-order valence-electron chi connectivity index (χ3n) is 1.08. The first-order chi connectivity index (χ1) is 5.46. The van der Waals surface area contributed by atoms with Crippen molar-refractivity contribution in [1.82, 2.24) is 14.9 Å². The van der Waals surface area contributed by atoms with Gasteiger partial charge in [0.1, 0.15) is 0 Å². The Hall–Kier alpha value is -1.22. The third kappa shape index (κ3) is 2.12. The van der Waals surface area contributed by atoms with Crippen LogP contribution in [-0.2, 0) is 6.18 Å². The SMILES string of the molecule is Cl.NNc1nnc(C(F)(F)F)n1N. The number of hydrogen-bond donors (Lipinski definition) is 3. The number of nitrogen functional groups attached to an aromatic ring is 2. The van der Waals surface area contributed by atoms with Gasteiger partial charge in [-0.3, -0.25) is 5.43 Å². The normalized spacial score (nSPS) is 10.8. The Morgan fingerprint density at radius 3 is 2.08 bits per heavy atom. The second kappa shape index (κ2) is 3.66. The van der Waals surface area contributed by atoms with Gasteiger partial charge < -0.3 is 5.84 Å². The van der Waals surface area contributed by atoms with E-state index in [1.54, 1.807) is 0 Å². The minimum atomic E-state index is -4.63. The average Bonchev–Trinajstić information content (AvgIpc) is 2.29. The highest BCUT2D eigenvalue weighted by molar-refractivity contribution is 5.85. The highest BCUT2D eigenvalue weighted by Crippen LogP contribution is 2.27. The van der Waals surface area contributed by atoms with Gasteiger partial charge in [0, 0.05) is 0 Å². The highest BCUT2D eigenvalue weighted by Gasteiger charge is 2.38.